The summed E-state index contributed by atoms with van der Waals surface area (Å²) in [6, 6.07) is 7.44. The van der Waals surface area contributed by atoms with E-state index in [2.05, 4.69) is 10.1 Å². The van der Waals surface area contributed by atoms with Gasteiger partial charge in [-0.2, -0.15) is 13.2 Å². The number of nitrogens with one attached hydrogen (secondary N) is 1. The van der Waals surface area contributed by atoms with Crippen molar-refractivity contribution in [3.63, 3.8) is 0 Å². The SMILES string of the molecule is COC(=O)Cc1ccccc1CNCCCCC(F)(F)F. The zero-order chi connectivity index (χ0) is 15.7. The maximum Gasteiger partial charge on any atom is 0.389 e. The van der Waals surface area contributed by atoms with Crippen molar-refractivity contribution >= 4 is 5.97 Å². The van der Waals surface area contributed by atoms with E-state index in [1.165, 1.54) is 7.11 Å². The van der Waals surface area contributed by atoms with Crippen molar-refractivity contribution in [1.82, 2.24) is 5.32 Å². The average Bonchev–Trinajstić information content (AvgIpc) is 2.43. The summed E-state index contributed by atoms with van der Waals surface area (Å²) in [7, 11) is 1.34. The van der Waals surface area contributed by atoms with Gasteiger partial charge < -0.3 is 10.1 Å². The molecule has 6 heteroatoms. The molecule has 0 fully saturated rings. The number of benzene rings is 1. The van der Waals surface area contributed by atoms with Crippen LogP contribution in [0.25, 0.3) is 0 Å². The number of hydrogen-bond acceptors (Lipinski definition) is 3. The molecule has 0 spiro atoms. The van der Waals surface area contributed by atoms with Crippen molar-refractivity contribution in [2.45, 2.75) is 38.4 Å². The second-order valence-corrected chi connectivity index (χ2v) is 4.77. The van der Waals surface area contributed by atoms with Gasteiger partial charge in [-0.1, -0.05) is 24.3 Å². The highest BCUT2D eigenvalue weighted by molar-refractivity contribution is 5.72. The molecule has 3 nitrogen and oxygen atoms in total. The number of methoxy groups -OCH3 is 1. The van der Waals surface area contributed by atoms with Gasteiger partial charge in [-0.05, 0) is 30.5 Å². The Morgan fingerprint density at radius 3 is 2.48 bits per heavy atom. The second kappa shape index (κ2) is 8.67. The van der Waals surface area contributed by atoms with Crippen LogP contribution >= 0.6 is 0 Å². The van der Waals surface area contributed by atoms with Gasteiger partial charge in [0.25, 0.3) is 0 Å². The van der Waals surface area contributed by atoms with Gasteiger partial charge in [0.2, 0.25) is 0 Å². The number of hydrogen-bond donors (Lipinski definition) is 1. The van der Waals surface area contributed by atoms with Crippen LogP contribution in [-0.4, -0.2) is 25.8 Å². The van der Waals surface area contributed by atoms with Crippen LogP contribution in [0, 0.1) is 0 Å². The highest BCUT2D eigenvalue weighted by Crippen LogP contribution is 2.21. The van der Waals surface area contributed by atoms with E-state index in [4.69, 9.17) is 0 Å². The third-order valence-corrected chi connectivity index (χ3v) is 3.06. The van der Waals surface area contributed by atoms with E-state index in [1.807, 2.05) is 24.3 Å². The predicted octanol–water partition coefficient (Wildman–Crippen LogP) is 3.22. The molecule has 1 rings (SSSR count). The minimum absolute atomic E-state index is 0.125. The molecule has 0 unspecified atom stereocenters. The maximum absolute atomic E-state index is 12.0. The zero-order valence-electron chi connectivity index (χ0n) is 12.0. The topological polar surface area (TPSA) is 38.3 Å². The van der Waals surface area contributed by atoms with Gasteiger partial charge in [0.1, 0.15) is 0 Å². The Balaban J connectivity index is 2.33. The smallest absolute Gasteiger partial charge is 0.389 e. The number of alkyl halides is 3. The molecule has 0 bridgehead atoms. The number of carbonyl (C=O) groups is 1. The number of ether oxygens (including phenoxy) is 1. The summed E-state index contributed by atoms with van der Waals surface area (Å²) >= 11 is 0. The van der Waals surface area contributed by atoms with Crippen molar-refractivity contribution in [2.24, 2.45) is 0 Å². The molecule has 0 aliphatic rings. The lowest BCUT2D eigenvalue weighted by molar-refractivity contribution is -0.140. The van der Waals surface area contributed by atoms with Crippen LogP contribution in [0.1, 0.15) is 30.4 Å². The summed E-state index contributed by atoms with van der Waals surface area (Å²) in [5.74, 6) is -0.312. The van der Waals surface area contributed by atoms with Gasteiger partial charge in [0.15, 0.2) is 0 Å². The third-order valence-electron chi connectivity index (χ3n) is 3.06. The van der Waals surface area contributed by atoms with Gasteiger partial charge in [-0.25, -0.2) is 0 Å². The van der Waals surface area contributed by atoms with Crippen molar-refractivity contribution in [2.75, 3.05) is 13.7 Å². The lowest BCUT2D eigenvalue weighted by atomic mass is 10.0. The standard InChI is InChI=1S/C15H20F3NO2/c1-21-14(20)10-12-6-2-3-7-13(12)11-19-9-5-4-8-15(16,17)18/h2-3,6-7,19H,4-5,8-11H2,1H3. The largest absolute Gasteiger partial charge is 0.469 e. The van der Waals surface area contributed by atoms with E-state index in [0.29, 0.717) is 19.5 Å². The molecule has 1 N–H and O–H groups in total. The Morgan fingerprint density at radius 1 is 1.19 bits per heavy atom. The Bertz CT molecular complexity index is 447. The Morgan fingerprint density at radius 2 is 1.86 bits per heavy atom. The molecule has 0 aliphatic heterocycles. The van der Waals surface area contributed by atoms with Crippen molar-refractivity contribution in [3.05, 3.63) is 35.4 Å². The lowest BCUT2D eigenvalue weighted by Gasteiger charge is -2.10. The highest BCUT2D eigenvalue weighted by Gasteiger charge is 2.25. The summed E-state index contributed by atoms with van der Waals surface area (Å²) in [4.78, 5) is 11.3. The van der Waals surface area contributed by atoms with Crippen molar-refractivity contribution < 1.29 is 22.7 Å². The van der Waals surface area contributed by atoms with Crippen LogP contribution in [-0.2, 0) is 22.5 Å². The number of unbranched alkanes of at least 4 members (excludes halogenated alkanes) is 1. The van der Waals surface area contributed by atoms with E-state index in [0.717, 1.165) is 11.1 Å². The monoisotopic (exact) mass is 303 g/mol. The number of halogens is 3. The average molecular weight is 303 g/mol. The molecular weight excluding hydrogens is 283 g/mol. The van der Waals surface area contributed by atoms with Gasteiger partial charge in [0, 0.05) is 13.0 Å². The van der Waals surface area contributed by atoms with E-state index < -0.39 is 12.6 Å². The van der Waals surface area contributed by atoms with Crippen LogP contribution in [0.15, 0.2) is 24.3 Å². The van der Waals surface area contributed by atoms with E-state index in [9.17, 15) is 18.0 Å². The molecule has 0 atom stereocenters. The van der Waals surface area contributed by atoms with Gasteiger partial charge in [0.05, 0.1) is 13.5 Å². The first-order valence-electron chi connectivity index (χ1n) is 6.83. The summed E-state index contributed by atoms with van der Waals surface area (Å²) in [6.45, 7) is 1.04. The number of esters is 1. The Labute approximate surface area is 122 Å². The Hall–Kier alpha value is -1.56. The van der Waals surface area contributed by atoms with Gasteiger partial charge in [-0.3, -0.25) is 4.79 Å². The van der Waals surface area contributed by atoms with E-state index in [1.54, 1.807) is 0 Å². The fraction of sp³-hybridized carbons (Fsp3) is 0.533. The quantitative estimate of drug-likeness (QED) is 0.592. The molecule has 0 radical (unpaired) electrons. The first-order valence-corrected chi connectivity index (χ1v) is 6.83. The van der Waals surface area contributed by atoms with Crippen LogP contribution in [0.2, 0.25) is 0 Å². The zero-order valence-corrected chi connectivity index (χ0v) is 12.0. The van der Waals surface area contributed by atoms with Crippen molar-refractivity contribution in [3.8, 4) is 0 Å². The molecule has 0 heterocycles. The summed E-state index contributed by atoms with van der Waals surface area (Å²) in [5, 5.41) is 3.10. The summed E-state index contributed by atoms with van der Waals surface area (Å²) in [6.07, 6.45) is -4.03. The lowest BCUT2D eigenvalue weighted by Crippen LogP contribution is -2.17. The van der Waals surface area contributed by atoms with Crippen LogP contribution < -0.4 is 5.32 Å². The fourth-order valence-corrected chi connectivity index (χ4v) is 1.93. The first kappa shape index (κ1) is 17.5. The molecule has 1 aromatic rings. The molecule has 118 valence electrons. The molecule has 1 aromatic carbocycles. The Kier molecular flexibility index (Phi) is 7.22. The summed E-state index contributed by atoms with van der Waals surface area (Å²) < 4.78 is 40.6. The fourth-order valence-electron chi connectivity index (χ4n) is 1.93. The van der Waals surface area contributed by atoms with Crippen LogP contribution in [0.4, 0.5) is 13.2 Å². The van der Waals surface area contributed by atoms with Crippen molar-refractivity contribution in [1.29, 1.82) is 0 Å². The molecule has 0 aliphatic carbocycles. The molecule has 0 amide bonds. The van der Waals surface area contributed by atoms with E-state index >= 15 is 0 Å². The molecule has 0 saturated carbocycles. The maximum atomic E-state index is 12.0. The van der Waals surface area contributed by atoms with Crippen LogP contribution in [0.3, 0.4) is 0 Å². The van der Waals surface area contributed by atoms with E-state index in [-0.39, 0.29) is 18.8 Å². The molecular formula is C15H20F3NO2. The minimum atomic E-state index is -4.08. The third kappa shape index (κ3) is 7.70. The summed E-state index contributed by atoms with van der Waals surface area (Å²) in [5.41, 5.74) is 1.82. The second-order valence-electron chi connectivity index (χ2n) is 4.77. The molecule has 0 aromatic heterocycles. The highest BCUT2D eigenvalue weighted by atomic mass is 19.4. The predicted molar refractivity (Wildman–Crippen MR) is 73.8 cm³/mol. The molecule has 0 saturated heterocycles. The number of carbonyl (C=O) groups excluding carboxylic acids is 1. The van der Waals surface area contributed by atoms with Gasteiger partial charge >= 0.3 is 12.1 Å². The normalized spacial score (nSPS) is 11.4. The number of rotatable bonds is 8. The minimum Gasteiger partial charge on any atom is -0.469 e. The van der Waals surface area contributed by atoms with Gasteiger partial charge in [-0.15, -0.1) is 0 Å². The van der Waals surface area contributed by atoms with Crippen LogP contribution in [0.5, 0.6) is 0 Å². The molecule has 21 heavy (non-hydrogen) atoms. The first-order chi connectivity index (χ1) is 9.92.